The summed E-state index contributed by atoms with van der Waals surface area (Å²) in [5, 5.41) is 0. The van der Waals surface area contributed by atoms with E-state index in [0.29, 0.717) is 6.61 Å². The summed E-state index contributed by atoms with van der Waals surface area (Å²) in [5.74, 6) is 0. The summed E-state index contributed by atoms with van der Waals surface area (Å²) in [6.07, 6.45) is 5.07. The van der Waals surface area contributed by atoms with E-state index in [9.17, 15) is 0 Å². The molecular weight excluding hydrogens is 88.1 g/mol. The van der Waals surface area contributed by atoms with Crippen LogP contribution < -0.4 is 0 Å². The van der Waals surface area contributed by atoms with Gasteiger partial charge in [0.05, 0.1) is 13.7 Å². The van der Waals surface area contributed by atoms with Crippen LogP contribution in [0.25, 0.3) is 0 Å². The van der Waals surface area contributed by atoms with Gasteiger partial charge in [0.1, 0.15) is 0 Å². The Labute approximate surface area is 45.0 Å². The van der Waals surface area contributed by atoms with Crippen molar-refractivity contribution in [1.82, 2.24) is 0 Å². The number of hydrogen-bond donors (Lipinski definition) is 0. The maximum absolute atomic E-state index is 4.51. The van der Waals surface area contributed by atoms with Crippen LogP contribution in [-0.4, -0.2) is 6.61 Å². The van der Waals surface area contributed by atoms with E-state index in [0.717, 1.165) is 6.42 Å². The summed E-state index contributed by atoms with van der Waals surface area (Å²) >= 11 is 0. The van der Waals surface area contributed by atoms with Crippen molar-refractivity contribution in [3.63, 3.8) is 0 Å². The summed E-state index contributed by atoms with van der Waals surface area (Å²) in [5.41, 5.74) is 0. The topological polar surface area (TPSA) is 9.23 Å². The van der Waals surface area contributed by atoms with E-state index < -0.39 is 0 Å². The van der Waals surface area contributed by atoms with E-state index in [1.54, 1.807) is 0 Å². The Bertz CT molecular complexity index is 48.1. The molecule has 0 aromatic rings. The van der Waals surface area contributed by atoms with Crippen LogP contribution >= 0.6 is 0 Å². The maximum Gasteiger partial charge on any atom is 0.0704 e. The Morgan fingerprint density at radius 2 is 2.29 bits per heavy atom. The molecule has 0 aliphatic carbocycles. The quantitative estimate of drug-likeness (QED) is 0.490. The average Bonchev–Trinajstić information content (AvgIpc) is 1.69. The molecule has 0 aromatic heterocycles. The lowest BCUT2D eigenvalue weighted by Crippen LogP contribution is -1.75. The number of hydrogen-bond acceptors (Lipinski definition) is 1. The minimum atomic E-state index is 0.633. The van der Waals surface area contributed by atoms with Crippen LogP contribution in [0.5, 0.6) is 0 Å². The van der Waals surface area contributed by atoms with Gasteiger partial charge in [-0.05, 0) is 6.42 Å². The molecule has 7 heavy (non-hydrogen) atoms. The minimum absolute atomic E-state index is 0.633. The molecule has 0 unspecified atom stereocenters. The molecule has 0 heterocycles. The van der Waals surface area contributed by atoms with Gasteiger partial charge in [0.15, 0.2) is 0 Å². The SMILES string of the molecule is [CH2]OCC=CCC. The highest BCUT2D eigenvalue weighted by atomic mass is 16.5. The standard InChI is InChI=1S/C6H11O/c1-3-4-5-6-7-2/h4-5H,2-3,6H2,1H3. The van der Waals surface area contributed by atoms with Gasteiger partial charge in [-0.3, -0.25) is 0 Å². The van der Waals surface area contributed by atoms with Crippen LogP contribution in [0, 0.1) is 7.11 Å². The second-order valence-corrected chi connectivity index (χ2v) is 1.25. The molecule has 1 nitrogen and oxygen atoms in total. The number of rotatable bonds is 3. The molecule has 0 rings (SSSR count). The summed E-state index contributed by atoms with van der Waals surface area (Å²) in [7, 11) is 3.21. The summed E-state index contributed by atoms with van der Waals surface area (Å²) in [6, 6.07) is 0. The molecule has 1 heteroatoms. The molecule has 0 fully saturated rings. The fourth-order valence-corrected chi connectivity index (χ4v) is 0.303. The van der Waals surface area contributed by atoms with Crippen molar-refractivity contribution >= 4 is 0 Å². The zero-order valence-electron chi connectivity index (χ0n) is 4.68. The van der Waals surface area contributed by atoms with Crippen LogP contribution in [0.4, 0.5) is 0 Å². The molecule has 0 amide bonds. The average molecular weight is 99.2 g/mol. The van der Waals surface area contributed by atoms with Crippen LogP contribution in [-0.2, 0) is 4.74 Å². The summed E-state index contributed by atoms with van der Waals surface area (Å²) in [4.78, 5) is 0. The van der Waals surface area contributed by atoms with Crippen LogP contribution in [0.15, 0.2) is 12.2 Å². The Hall–Kier alpha value is -0.300. The molecule has 0 aromatic carbocycles. The van der Waals surface area contributed by atoms with Crippen molar-refractivity contribution < 1.29 is 4.74 Å². The lowest BCUT2D eigenvalue weighted by atomic mass is 10.4. The van der Waals surface area contributed by atoms with Gasteiger partial charge in [0.25, 0.3) is 0 Å². The predicted molar refractivity (Wildman–Crippen MR) is 30.7 cm³/mol. The van der Waals surface area contributed by atoms with E-state index >= 15 is 0 Å². The van der Waals surface area contributed by atoms with Gasteiger partial charge in [0.2, 0.25) is 0 Å². The molecule has 0 N–H and O–H groups in total. The van der Waals surface area contributed by atoms with Gasteiger partial charge in [0, 0.05) is 0 Å². The molecule has 0 atom stereocenters. The first-order chi connectivity index (χ1) is 3.41. The largest absolute Gasteiger partial charge is 0.375 e. The molecule has 0 spiro atoms. The van der Waals surface area contributed by atoms with E-state index in [4.69, 9.17) is 0 Å². The highest BCUT2D eigenvalue weighted by Gasteiger charge is 1.66. The first-order valence-corrected chi connectivity index (χ1v) is 2.43. The van der Waals surface area contributed by atoms with E-state index in [2.05, 4.69) is 18.8 Å². The summed E-state index contributed by atoms with van der Waals surface area (Å²) in [6.45, 7) is 2.72. The molecule has 1 radical (unpaired) electrons. The number of allylic oxidation sites excluding steroid dienone is 1. The Balaban J connectivity index is 2.78. The first-order valence-electron chi connectivity index (χ1n) is 2.43. The molecule has 0 saturated heterocycles. The van der Waals surface area contributed by atoms with Gasteiger partial charge in [-0.15, -0.1) is 0 Å². The lowest BCUT2D eigenvalue weighted by Gasteiger charge is -1.83. The van der Waals surface area contributed by atoms with E-state index in [-0.39, 0.29) is 0 Å². The molecule has 0 aliphatic heterocycles. The smallest absolute Gasteiger partial charge is 0.0704 e. The fourth-order valence-electron chi connectivity index (χ4n) is 0.303. The first kappa shape index (κ1) is 6.70. The molecule has 0 saturated carbocycles. The van der Waals surface area contributed by atoms with E-state index in [1.807, 2.05) is 12.2 Å². The van der Waals surface area contributed by atoms with Crippen LogP contribution in [0.1, 0.15) is 13.3 Å². The third-order valence-electron chi connectivity index (χ3n) is 0.616. The fraction of sp³-hybridized carbons (Fsp3) is 0.500. The highest BCUT2D eigenvalue weighted by Crippen LogP contribution is 1.78. The Kier molecular flexibility index (Phi) is 5.46. The van der Waals surface area contributed by atoms with Gasteiger partial charge in [-0.25, -0.2) is 0 Å². The van der Waals surface area contributed by atoms with Gasteiger partial charge in [-0.1, -0.05) is 19.1 Å². The van der Waals surface area contributed by atoms with Crippen molar-refractivity contribution in [3.8, 4) is 0 Å². The third-order valence-corrected chi connectivity index (χ3v) is 0.616. The monoisotopic (exact) mass is 99.1 g/mol. The van der Waals surface area contributed by atoms with Crippen molar-refractivity contribution in [2.45, 2.75) is 13.3 Å². The van der Waals surface area contributed by atoms with Crippen LogP contribution in [0.2, 0.25) is 0 Å². The minimum Gasteiger partial charge on any atom is -0.375 e. The highest BCUT2D eigenvalue weighted by molar-refractivity contribution is 4.79. The van der Waals surface area contributed by atoms with Crippen molar-refractivity contribution in [2.75, 3.05) is 6.61 Å². The van der Waals surface area contributed by atoms with Gasteiger partial charge in [-0.2, -0.15) is 0 Å². The molecule has 0 aliphatic rings. The second kappa shape index (κ2) is 5.70. The summed E-state index contributed by atoms with van der Waals surface area (Å²) < 4.78 is 4.51. The molecule has 41 valence electrons. The Morgan fingerprint density at radius 3 is 2.71 bits per heavy atom. The van der Waals surface area contributed by atoms with Gasteiger partial charge < -0.3 is 4.74 Å². The molecule has 0 bridgehead atoms. The molecular formula is C6H11O. The Morgan fingerprint density at radius 1 is 1.57 bits per heavy atom. The van der Waals surface area contributed by atoms with Gasteiger partial charge >= 0.3 is 0 Å². The van der Waals surface area contributed by atoms with Crippen LogP contribution in [0.3, 0.4) is 0 Å². The van der Waals surface area contributed by atoms with Crippen molar-refractivity contribution in [3.05, 3.63) is 19.3 Å². The van der Waals surface area contributed by atoms with Crippen molar-refractivity contribution in [1.29, 1.82) is 0 Å². The second-order valence-electron chi connectivity index (χ2n) is 1.25. The maximum atomic E-state index is 4.51. The third kappa shape index (κ3) is 5.70. The lowest BCUT2D eigenvalue weighted by molar-refractivity contribution is 0.281. The zero-order valence-corrected chi connectivity index (χ0v) is 4.68. The van der Waals surface area contributed by atoms with Crippen molar-refractivity contribution in [2.24, 2.45) is 0 Å². The predicted octanol–water partition coefficient (Wildman–Crippen LogP) is 1.76. The number of ether oxygens (including phenoxy) is 1. The normalized spacial score (nSPS) is 10.6. The zero-order chi connectivity index (χ0) is 5.54. The van der Waals surface area contributed by atoms with E-state index in [1.165, 1.54) is 0 Å².